The topological polar surface area (TPSA) is 49.4 Å². The molecule has 0 radical (unpaired) electrons. The predicted octanol–water partition coefficient (Wildman–Crippen LogP) is 3.44. The Hall–Kier alpha value is -1.55. The number of likely N-dealkylation sites (tertiary alicyclic amines) is 1. The average molecular weight is 321 g/mol. The summed E-state index contributed by atoms with van der Waals surface area (Å²) in [4.78, 5) is 26.3. The van der Waals surface area contributed by atoms with Crippen LogP contribution in [0.3, 0.4) is 0 Å². The maximum Gasteiger partial charge on any atom is 0.234 e. The van der Waals surface area contributed by atoms with E-state index in [0.29, 0.717) is 10.9 Å². The number of carbonyl (C=O) groups is 2. The molecule has 3 atom stereocenters. The lowest BCUT2D eigenvalue weighted by Gasteiger charge is -2.25. The molecule has 1 aromatic carbocycles. The van der Waals surface area contributed by atoms with Gasteiger partial charge < -0.3 is 5.32 Å². The van der Waals surface area contributed by atoms with Gasteiger partial charge >= 0.3 is 0 Å². The third-order valence-electron chi connectivity index (χ3n) is 4.89. The monoisotopic (exact) mass is 320 g/mol. The molecule has 4 nitrogen and oxygen atoms in total. The van der Waals surface area contributed by atoms with Gasteiger partial charge in [0.2, 0.25) is 11.8 Å². The Morgan fingerprint density at radius 3 is 2.68 bits per heavy atom. The fourth-order valence-corrected chi connectivity index (χ4v) is 3.67. The molecule has 1 saturated carbocycles. The molecule has 2 amide bonds. The number of imide groups is 1. The molecule has 2 aliphatic rings. The van der Waals surface area contributed by atoms with Gasteiger partial charge in [-0.3, -0.25) is 14.5 Å². The molecule has 1 N–H and O–H groups in total. The van der Waals surface area contributed by atoms with Crippen LogP contribution in [0.15, 0.2) is 18.2 Å². The fourth-order valence-electron chi connectivity index (χ4n) is 3.49. The number of rotatable bonds is 3. The highest BCUT2D eigenvalue weighted by Crippen LogP contribution is 2.40. The van der Waals surface area contributed by atoms with E-state index in [2.05, 4.69) is 12.2 Å². The van der Waals surface area contributed by atoms with Gasteiger partial charge in [-0.15, -0.1) is 0 Å². The number of hydrogen-bond acceptors (Lipinski definition) is 3. The minimum Gasteiger partial charge on any atom is -0.367 e. The molecular formula is C17H21ClN2O2. The summed E-state index contributed by atoms with van der Waals surface area (Å²) in [7, 11) is 0. The van der Waals surface area contributed by atoms with E-state index in [1.165, 1.54) is 4.90 Å². The summed E-state index contributed by atoms with van der Waals surface area (Å²) in [5.41, 5.74) is 1.82. The minimum absolute atomic E-state index is 0.0207. The zero-order chi connectivity index (χ0) is 15.9. The molecule has 1 aliphatic carbocycles. The highest BCUT2D eigenvalue weighted by Gasteiger charge is 2.49. The molecular weight excluding hydrogens is 300 g/mol. The van der Waals surface area contributed by atoms with E-state index < -0.39 is 0 Å². The van der Waals surface area contributed by atoms with Crippen LogP contribution in [0.4, 0.5) is 5.69 Å². The van der Waals surface area contributed by atoms with Crippen molar-refractivity contribution in [3.05, 3.63) is 28.8 Å². The Morgan fingerprint density at radius 2 is 1.95 bits per heavy atom. The van der Waals surface area contributed by atoms with Crippen LogP contribution >= 0.6 is 11.6 Å². The van der Waals surface area contributed by atoms with Crippen molar-refractivity contribution in [2.45, 2.75) is 33.1 Å². The number of fused-ring (bicyclic) bond motifs is 1. The van der Waals surface area contributed by atoms with Crippen LogP contribution in [0.25, 0.3) is 0 Å². The number of nitrogens with one attached hydrogen (secondary N) is 1. The van der Waals surface area contributed by atoms with Gasteiger partial charge in [-0.1, -0.05) is 24.6 Å². The molecule has 5 heteroatoms. The van der Waals surface area contributed by atoms with Gasteiger partial charge in [-0.05, 0) is 49.8 Å². The van der Waals surface area contributed by atoms with Crippen LogP contribution in [0.1, 0.15) is 31.7 Å². The first-order valence-corrected chi connectivity index (χ1v) is 8.20. The molecule has 1 heterocycles. The number of aryl methyl sites for hydroxylation is 1. The molecule has 118 valence electrons. The fraction of sp³-hybridized carbons (Fsp3) is 0.529. The molecule has 2 fully saturated rings. The third kappa shape index (κ3) is 2.72. The SMILES string of the molecule is Cc1ccc(NCN2C(=O)[C@H]3C[C@@H](C)CC[C@H]3C2=O)cc1Cl. The molecule has 22 heavy (non-hydrogen) atoms. The predicted molar refractivity (Wildman–Crippen MR) is 86.5 cm³/mol. The summed E-state index contributed by atoms with van der Waals surface area (Å²) >= 11 is 6.09. The van der Waals surface area contributed by atoms with E-state index in [0.717, 1.165) is 30.5 Å². The van der Waals surface area contributed by atoms with E-state index in [1.807, 2.05) is 25.1 Å². The van der Waals surface area contributed by atoms with Crippen LogP contribution < -0.4 is 5.32 Å². The van der Waals surface area contributed by atoms with E-state index in [-0.39, 0.29) is 30.3 Å². The molecule has 0 aromatic heterocycles. The molecule has 1 aromatic rings. The summed E-state index contributed by atoms with van der Waals surface area (Å²) in [6, 6.07) is 5.64. The molecule has 0 unspecified atom stereocenters. The zero-order valence-corrected chi connectivity index (χ0v) is 13.7. The van der Waals surface area contributed by atoms with Crippen LogP contribution in [0.5, 0.6) is 0 Å². The lowest BCUT2D eigenvalue weighted by molar-refractivity contribution is -0.139. The summed E-state index contributed by atoms with van der Waals surface area (Å²) in [6.07, 6.45) is 2.71. The van der Waals surface area contributed by atoms with Crippen molar-refractivity contribution in [3.8, 4) is 0 Å². The first kappa shape index (κ1) is 15.3. The van der Waals surface area contributed by atoms with Crippen molar-refractivity contribution >= 4 is 29.1 Å². The van der Waals surface area contributed by atoms with Crippen molar-refractivity contribution in [1.82, 2.24) is 4.90 Å². The van der Waals surface area contributed by atoms with E-state index in [4.69, 9.17) is 11.6 Å². The Morgan fingerprint density at radius 1 is 1.23 bits per heavy atom. The number of anilines is 1. The van der Waals surface area contributed by atoms with Gasteiger partial charge in [-0.2, -0.15) is 0 Å². The summed E-state index contributed by atoms with van der Waals surface area (Å²) < 4.78 is 0. The smallest absolute Gasteiger partial charge is 0.234 e. The van der Waals surface area contributed by atoms with E-state index in [9.17, 15) is 9.59 Å². The van der Waals surface area contributed by atoms with Crippen LogP contribution in [0, 0.1) is 24.7 Å². The highest BCUT2D eigenvalue weighted by molar-refractivity contribution is 6.31. The maximum atomic E-state index is 12.5. The van der Waals surface area contributed by atoms with E-state index >= 15 is 0 Å². The summed E-state index contributed by atoms with van der Waals surface area (Å²) in [5, 5.41) is 3.81. The second-order valence-corrected chi connectivity index (χ2v) is 6.94. The Bertz CT molecular complexity index is 617. The first-order valence-electron chi connectivity index (χ1n) is 7.82. The molecule has 3 rings (SSSR count). The lowest BCUT2D eigenvalue weighted by Crippen LogP contribution is -2.35. The Kier molecular flexibility index (Phi) is 4.13. The number of benzene rings is 1. The molecule has 0 bridgehead atoms. The lowest BCUT2D eigenvalue weighted by atomic mass is 9.76. The van der Waals surface area contributed by atoms with Gasteiger partial charge in [0.05, 0.1) is 18.5 Å². The number of nitrogens with zero attached hydrogens (tertiary/aromatic N) is 1. The Balaban J connectivity index is 1.68. The Labute approximate surface area is 135 Å². The standard InChI is InChI=1S/C17H21ClN2O2/c1-10-3-6-13-14(7-10)17(22)20(16(13)21)9-19-12-5-4-11(2)15(18)8-12/h4-5,8,10,13-14,19H,3,6-7,9H2,1-2H3/t10-,13+,14-/m0/s1. The van der Waals surface area contributed by atoms with Gasteiger partial charge in [0.15, 0.2) is 0 Å². The van der Waals surface area contributed by atoms with E-state index in [1.54, 1.807) is 0 Å². The van der Waals surface area contributed by atoms with Gasteiger partial charge in [0.25, 0.3) is 0 Å². The average Bonchev–Trinajstić information content (AvgIpc) is 2.72. The summed E-state index contributed by atoms with van der Waals surface area (Å²) in [5.74, 6) is 0.272. The number of carbonyl (C=O) groups excluding carboxylic acids is 2. The molecule has 0 spiro atoms. The molecule has 1 aliphatic heterocycles. The molecule has 1 saturated heterocycles. The number of hydrogen-bond donors (Lipinski definition) is 1. The van der Waals surface area contributed by atoms with Crippen molar-refractivity contribution in [2.24, 2.45) is 17.8 Å². The quantitative estimate of drug-likeness (QED) is 0.868. The van der Waals surface area contributed by atoms with Gasteiger partial charge in [0, 0.05) is 10.7 Å². The largest absolute Gasteiger partial charge is 0.367 e. The first-order chi connectivity index (χ1) is 10.5. The normalized spacial score (nSPS) is 28.0. The van der Waals surface area contributed by atoms with Crippen molar-refractivity contribution in [1.29, 1.82) is 0 Å². The minimum atomic E-state index is -0.111. The number of amides is 2. The second-order valence-electron chi connectivity index (χ2n) is 6.53. The van der Waals surface area contributed by atoms with Crippen LogP contribution in [-0.4, -0.2) is 23.4 Å². The van der Waals surface area contributed by atoms with Crippen LogP contribution in [-0.2, 0) is 9.59 Å². The summed E-state index contributed by atoms with van der Waals surface area (Å²) in [6.45, 7) is 4.31. The van der Waals surface area contributed by atoms with Gasteiger partial charge in [0.1, 0.15) is 0 Å². The maximum absolute atomic E-state index is 12.5. The highest BCUT2D eigenvalue weighted by atomic mass is 35.5. The second kappa shape index (κ2) is 5.92. The van der Waals surface area contributed by atoms with Crippen molar-refractivity contribution in [3.63, 3.8) is 0 Å². The van der Waals surface area contributed by atoms with Crippen molar-refractivity contribution in [2.75, 3.05) is 12.0 Å². The van der Waals surface area contributed by atoms with Gasteiger partial charge in [-0.25, -0.2) is 0 Å². The number of halogens is 1. The zero-order valence-electron chi connectivity index (χ0n) is 12.9. The van der Waals surface area contributed by atoms with Crippen molar-refractivity contribution < 1.29 is 9.59 Å². The van der Waals surface area contributed by atoms with Crippen LogP contribution in [0.2, 0.25) is 5.02 Å². The third-order valence-corrected chi connectivity index (χ3v) is 5.30.